The highest BCUT2D eigenvalue weighted by molar-refractivity contribution is 7.17. The molecule has 0 atom stereocenters. The van der Waals surface area contributed by atoms with Gasteiger partial charge in [-0.25, -0.2) is 19.2 Å². The maximum absolute atomic E-state index is 13.9. The summed E-state index contributed by atoms with van der Waals surface area (Å²) in [6, 6.07) is 3.12. The van der Waals surface area contributed by atoms with E-state index in [4.69, 9.17) is 9.84 Å². The fourth-order valence-electron chi connectivity index (χ4n) is 2.05. The monoisotopic (exact) mass is 309 g/mol. The van der Waals surface area contributed by atoms with Crippen LogP contribution in [-0.4, -0.2) is 47.3 Å². The average molecular weight is 309 g/mol. The van der Waals surface area contributed by atoms with Crippen LogP contribution in [-0.2, 0) is 4.74 Å². The predicted octanol–water partition coefficient (Wildman–Crippen LogP) is 1.88. The summed E-state index contributed by atoms with van der Waals surface area (Å²) in [5.41, 5.74) is 0. The number of hydrogen-bond donors (Lipinski definition) is 1. The lowest BCUT2D eigenvalue weighted by atomic mass is 10.3. The Labute approximate surface area is 123 Å². The third-order valence-corrected chi connectivity index (χ3v) is 4.14. The second-order valence-corrected chi connectivity index (χ2v) is 5.52. The summed E-state index contributed by atoms with van der Waals surface area (Å²) in [6.07, 6.45) is 1.12. The number of morpholine rings is 1. The smallest absolute Gasteiger partial charge is 0.345 e. The molecule has 1 aliphatic heterocycles. The van der Waals surface area contributed by atoms with Crippen molar-refractivity contribution in [2.75, 3.05) is 31.2 Å². The Bertz CT molecular complexity index is 670. The molecule has 1 aliphatic rings. The average Bonchev–Trinajstić information content (AvgIpc) is 2.99. The molecule has 2 aromatic heterocycles. The van der Waals surface area contributed by atoms with Crippen molar-refractivity contribution < 1.29 is 19.0 Å². The van der Waals surface area contributed by atoms with Gasteiger partial charge in [-0.05, 0) is 12.1 Å². The maximum Gasteiger partial charge on any atom is 0.345 e. The van der Waals surface area contributed by atoms with E-state index in [1.165, 1.54) is 6.07 Å². The summed E-state index contributed by atoms with van der Waals surface area (Å²) in [4.78, 5) is 21.7. The van der Waals surface area contributed by atoms with E-state index in [0.717, 1.165) is 17.5 Å². The van der Waals surface area contributed by atoms with Gasteiger partial charge in [-0.15, -0.1) is 11.3 Å². The van der Waals surface area contributed by atoms with E-state index in [2.05, 4.69) is 9.97 Å². The van der Waals surface area contributed by atoms with Gasteiger partial charge in [0.05, 0.1) is 24.3 Å². The first-order valence-corrected chi connectivity index (χ1v) is 7.15. The number of aromatic carboxylic acids is 1. The molecule has 0 unspecified atom stereocenters. The third kappa shape index (κ3) is 2.86. The molecular weight excluding hydrogens is 297 g/mol. The van der Waals surface area contributed by atoms with Gasteiger partial charge in [0.25, 0.3) is 0 Å². The maximum atomic E-state index is 13.9. The van der Waals surface area contributed by atoms with E-state index >= 15 is 0 Å². The third-order valence-electron chi connectivity index (χ3n) is 3.07. The molecule has 6 nitrogen and oxygen atoms in total. The van der Waals surface area contributed by atoms with Crippen LogP contribution in [0.3, 0.4) is 0 Å². The molecular formula is C13H12FN3O3S. The normalized spacial score (nSPS) is 15.2. The summed E-state index contributed by atoms with van der Waals surface area (Å²) in [5.74, 6) is -0.929. The van der Waals surface area contributed by atoms with Crippen LogP contribution in [0.15, 0.2) is 18.3 Å². The molecule has 8 heteroatoms. The summed E-state index contributed by atoms with van der Waals surface area (Å²) < 4.78 is 19.1. The van der Waals surface area contributed by atoms with E-state index in [1.807, 2.05) is 0 Å². The number of carboxylic acids is 1. The first-order valence-electron chi connectivity index (χ1n) is 6.34. The molecule has 110 valence electrons. The number of ether oxygens (including phenoxy) is 1. The van der Waals surface area contributed by atoms with Gasteiger partial charge in [0.2, 0.25) is 0 Å². The molecule has 0 amide bonds. The lowest BCUT2D eigenvalue weighted by Crippen LogP contribution is -2.37. The molecule has 2 aromatic rings. The summed E-state index contributed by atoms with van der Waals surface area (Å²) in [5, 5.41) is 8.94. The largest absolute Gasteiger partial charge is 0.477 e. The topological polar surface area (TPSA) is 75.5 Å². The Kier molecular flexibility index (Phi) is 3.80. The second-order valence-electron chi connectivity index (χ2n) is 4.43. The lowest BCUT2D eigenvalue weighted by molar-refractivity contribution is 0.0702. The number of halogens is 1. The Hall–Kier alpha value is -2.06. The molecule has 0 spiro atoms. The van der Waals surface area contributed by atoms with E-state index < -0.39 is 11.8 Å². The lowest BCUT2D eigenvalue weighted by Gasteiger charge is -2.28. The van der Waals surface area contributed by atoms with E-state index in [0.29, 0.717) is 37.0 Å². The minimum atomic E-state index is -0.998. The number of anilines is 1. The number of aromatic nitrogens is 2. The SMILES string of the molecule is O=C(O)c1ccc(-c2ncc(F)c(N3CCOCC3)n2)s1. The van der Waals surface area contributed by atoms with Crippen molar-refractivity contribution in [2.45, 2.75) is 0 Å². The van der Waals surface area contributed by atoms with E-state index in [-0.39, 0.29) is 10.7 Å². The van der Waals surface area contributed by atoms with Crippen molar-refractivity contribution in [3.05, 3.63) is 29.0 Å². The molecule has 0 aromatic carbocycles. The van der Waals surface area contributed by atoms with Crippen LogP contribution in [0.25, 0.3) is 10.7 Å². The highest BCUT2D eigenvalue weighted by Crippen LogP contribution is 2.27. The molecule has 1 N–H and O–H groups in total. The zero-order valence-electron chi connectivity index (χ0n) is 11.0. The van der Waals surface area contributed by atoms with Crippen LogP contribution in [0.1, 0.15) is 9.67 Å². The van der Waals surface area contributed by atoms with Crippen LogP contribution in [0.5, 0.6) is 0 Å². The first kappa shape index (κ1) is 13.9. The van der Waals surface area contributed by atoms with Gasteiger partial charge in [-0.2, -0.15) is 0 Å². The number of thiophene rings is 1. The van der Waals surface area contributed by atoms with E-state index in [9.17, 15) is 9.18 Å². The molecule has 0 bridgehead atoms. The van der Waals surface area contributed by atoms with Gasteiger partial charge >= 0.3 is 5.97 Å². The van der Waals surface area contributed by atoms with Gasteiger partial charge in [0.15, 0.2) is 17.5 Å². The van der Waals surface area contributed by atoms with Crippen molar-refractivity contribution in [3.8, 4) is 10.7 Å². The first-order chi connectivity index (χ1) is 10.1. The molecule has 1 fully saturated rings. The van der Waals surface area contributed by atoms with Crippen LogP contribution >= 0.6 is 11.3 Å². The number of rotatable bonds is 3. The molecule has 0 radical (unpaired) electrons. The second kappa shape index (κ2) is 5.74. The zero-order valence-corrected chi connectivity index (χ0v) is 11.8. The Morgan fingerprint density at radius 3 is 2.81 bits per heavy atom. The standard InChI is InChI=1S/C13H12FN3O3S/c14-8-7-15-11(9-1-2-10(21-9)13(18)19)16-12(8)17-3-5-20-6-4-17/h1-2,7H,3-6H2,(H,18,19). The minimum absolute atomic E-state index is 0.200. The van der Waals surface area contributed by atoms with Crippen LogP contribution in [0.2, 0.25) is 0 Å². The van der Waals surface area contributed by atoms with Crippen molar-refractivity contribution in [1.82, 2.24) is 9.97 Å². The van der Waals surface area contributed by atoms with Crippen molar-refractivity contribution in [3.63, 3.8) is 0 Å². The van der Waals surface area contributed by atoms with Crippen LogP contribution in [0, 0.1) is 5.82 Å². The Morgan fingerprint density at radius 2 is 2.14 bits per heavy atom. The molecule has 1 saturated heterocycles. The zero-order chi connectivity index (χ0) is 14.8. The Balaban J connectivity index is 1.94. The number of carbonyl (C=O) groups is 1. The number of carboxylic acid groups (broad SMARTS) is 1. The fourth-order valence-corrected chi connectivity index (χ4v) is 2.83. The molecule has 3 heterocycles. The molecule has 21 heavy (non-hydrogen) atoms. The van der Waals surface area contributed by atoms with Crippen LogP contribution in [0.4, 0.5) is 10.2 Å². The highest BCUT2D eigenvalue weighted by Gasteiger charge is 2.19. The van der Waals surface area contributed by atoms with Gasteiger partial charge < -0.3 is 14.7 Å². The van der Waals surface area contributed by atoms with Crippen LogP contribution < -0.4 is 4.90 Å². The number of hydrogen-bond acceptors (Lipinski definition) is 6. The Morgan fingerprint density at radius 1 is 1.38 bits per heavy atom. The minimum Gasteiger partial charge on any atom is -0.477 e. The quantitative estimate of drug-likeness (QED) is 0.933. The predicted molar refractivity (Wildman–Crippen MR) is 75.3 cm³/mol. The van der Waals surface area contributed by atoms with Gasteiger partial charge in [-0.3, -0.25) is 0 Å². The summed E-state index contributed by atoms with van der Waals surface area (Å²) in [6.45, 7) is 2.19. The van der Waals surface area contributed by atoms with Gasteiger partial charge in [0.1, 0.15) is 4.88 Å². The van der Waals surface area contributed by atoms with E-state index in [1.54, 1.807) is 11.0 Å². The van der Waals surface area contributed by atoms with Crippen molar-refractivity contribution >= 4 is 23.1 Å². The van der Waals surface area contributed by atoms with Crippen molar-refractivity contribution in [1.29, 1.82) is 0 Å². The van der Waals surface area contributed by atoms with Crippen molar-refractivity contribution in [2.24, 2.45) is 0 Å². The fraction of sp³-hybridized carbons (Fsp3) is 0.308. The molecule has 0 saturated carbocycles. The summed E-state index contributed by atoms with van der Waals surface area (Å²) >= 11 is 1.07. The van der Waals surface area contributed by atoms with Gasteiger partial charge in [-0.1, -0.05) is 0 Å². The number of nitrogens with zero attached hydrogens (tertiary/aromatic N) is 3. The summed E-state index contributed by atoms with van der Waals surface area (Å²) in [7, 11) is 0. The van der Waals surface area contributed by atoms with Gasteiger partial charge in [0, 0.05) is 13.1 Å². The highest BCUT2D eigenvalue weighted by atomic mass is 32.1. The molecule has 3 rings (SSSR count). The molecule has 0 aliphatic carbocycles.